The lowest BCUT2D eigenvalue weighted by molar-refractivity contribution is 0.00226. The Labute approximate surface area is 98.3 Å². The molecular weight excluding hydrogens is 226 g/mol. The molecule has 0 unspecified atom stereocenters. The average Bonchev–Trinajstić information content (AvgIpc) is 2.77. The number of nitrogens with two attached hydrogens (primary N) is 1. The highest BCUT2D eigenvalue weighted by atomic mass is 16.6. The van der Waals surface area contributed by atoms with Crippen LogP contribution in [0, 0.1) is 0 Å². The lowest BCUT2D eigenvalue weighted by Gasteiger charge is -2.22. The molecule has 1 aromatic rings. The molecule has 94 valence electrons. The first kappa shape index (κ1) is 13.2. The van der Waals surface area contributed by atoms with Gasteiger partial charge in [-0.05, 0) is 13.8 Å². The number of esters is 2. The first-order valence-electron chi connectivity index (χ1n) is 4.97. The number of carbonyl (C=O) groups excluding carboxylic acids is 2. The molecule has 0 spiro atoms. The van der Waals surface area contributed by atoms with Crippen molar-refractivity contribution in [2.24, 2.45) is 5.73 Å². The summed E-state index contributed by atoms with van der Waals surface area (Å²) in [6, 6.07) is 1.26. The van der Waals surface area contributed by atoms with Crippen molar-refractivity contribution in [3.63, 3.8) is 0 Å². The van der Waals surface area contributed by atoms with Crippen molar-refractivity contribution >= 4 is 11.9 Å². The van der Waals surface area contributed by atoms with Gasteiger partial charge in [0.1, 0.15) is 11.3 Å². The van der Waals surface area contributed by atoms with E-state index in [9.17, 15) is 9.59 Å². The number of nitrogens with zero attached hydrogens (tertiary/aromatic N) is 1. The maximum Gasteiger partial charge on any atom is 0.358 e. The second-order valence-electron chi connectivity index (χ2n) is 4.01. The van der Waals surface area contributed by atoms with Crippen LogP contribution in [0.15, 0.2) is 6.07 Å². The molecule has 1 rings (SSSR count). The summed E-state index contributed by atoms with van der Waals surface area (Å²) in [7, 11) is 1.23. The van der Waals surface area contributed by atoms with Crippen LogP contribution in [-0.2, 0) is 9.47 Å². The summed E-state index contributed by atoms with van der Waals surface area (Å²) in [6.45, 7) is 3.56. The van der Waals surface area contributed by atoms with Gasteiger partial charge < -0.3 is 15.2 Å². The van der Waals surface area contributed by atoms with Gasteiger partial charge in [-0.15, -0.1) is 0 Å². The number of aromatic nitrogens is 2. The van der Waals surface area contributed by atoms with Crippen molar-refractivity contribution < 1.29 is 19.1 Å². The molecule has 3 N–H and O–H groups in total. The molecule has 7 nitrogen and oxygen atoms in total. The molecule has 0 aliphatic heterocycles. The van der Waals surface area contributed by atoms with E-state index < -0.39 is 17.5 Å². The highest BCUT2D eigenvalue weighted by Crippen LogP contribution is 2.11. The SMILES string of the molecule is COC(=O)c1cc(C(=O)OC(C)(C)CN)[nH]n1. The van der Waals surface area contributed by atoms with Crippen LogP contribution < -0.4 is 5.73 Å². The molecular formula is C10H15N3O4. The number of H-pyrrole nitrogens is 1. The van der Waals surface area contributed by atoms with Gasteiger partial charge in [0.2, 0.25) is 0 Å². The number of hydrogen-bond acceptors (Lipinski definition) is 6. The molecule has 7 heteroatoms. The van der Waals surface area contributed by atoms with Gasteiger partial charge in [0.25, 0.3) is 0 Å². The fourth-order valence-electron chi connectivity index (χ4n) is 0.983. The Balaban J connectivity index is 2.77. The predicted molar refractivity (Wildman–Crippen MR) is 58.5 cm³/mol. The zero-order valence-electron chi connectivity index (χ0n) is 9.94. The monoisotopic (exact) mass is 241 g/mol. The number of rotatable bonds is 4. The van der Waals surface area contributed by atoms with Gasteiger partial charge in [-0.2, -0.15) is 5.10 Å². The molecule has 0 aliphatic carbocycles. The minimum atomic E-state index is -0.770. The van der Waals surface area contributed by atoms with Gasteiger partial charge in [0.15, 0.2) is 5.69 Å². The first-order valence-corrected chi connectivity index (χ1v) is 4.97. The van der Waals surface area contributed by atoms with E-state index in [1.54, 1.807) is 13.8 Å². The van der Waals surface area contributed by atoms with Gasteiger partial charge in [-0.3, -0.25) is 5.10 Å². The van der Waals surface area contributed by atoms with Gasteiger partial charge >= 0.3 is 11.9 Å². The Kier molecular flexibility index (Phi) is 3.84. The Morgan fingerprint density at radius 1 is 1.47 bits per heavy atom. The highest BCUT2D eigenvalue weighted by molar-refractivity contribution is 5.93. The predicted octanol–water partition coefficient (Wildman–Crippen LogP) is 0.0904. The summed E-state index contributed by atoms with van der Waals surface area (Å²) in [6.07, 6.45) is 0. The van der Waals surface area contributed by atoms with Crippen LogP contribution in [0.4, 0.5) is 0 Å². The van der Waals surface area contributed by atoms with Crippen LogP contribution in [0.3, 0.4) is 0 Å². The lowest BCUT2D eigenvalue weighted by atomic mass is 10.1. The molecule has 0 atom stereocenters. The zero-order valence-corrected chi connectivity index (χ0v) is 9.94. The molecule has 0 aliphatic rings. The van der Waals surface area contributed by atoms with Crippen molar-refractivity contribution in [3.8, 4) is 0 Å². The zero-order chi connectivity index (χ0) is 13.1. The smallest absolute Gasteiger partial charge is 0.358 e. The van der Waals surface area contributed by atoms with E-state index in [1.807, 2.05) is 0 Å². The van der Waals surface area contributed by atoms with Gasteiger partial charge in [-0.25, -0.2) is 9.59 Å². The molecule has 0 fully saturated rings. The molecule has 0 radical (unpaired) electrons. The Morgan fingerprint density at radius 3 is 2.65 bits per heavy atom. The fourth-order valence-corrected chi connectivity index (χ4v) is 0.983. The molecule has 0 aromatic carbocycles. The van der Waals surface area contributed by atoms with Gasteiger partial charge in [-0.1, -0.05) is 0 Å². The molecule has 17 heavy (non-hydrogen) atoms. The summed E-state index contributed by atoms with van der Waals surface area (Å²) in [5.74, 6) is -1.25. The minimum absolute atomic E-state index is 0.0185. The molecule has 1 heterocycles. The Hall–Kier alpha value is -1.89. The summed E-state index contributed by atoms with van der Waals surface area (Å²) >= 11 is 0. The van der Waals surface area contributed by atoms with E-state index in [-0.39, 0.29) is 17.9 Å². The van der Waals surface area contributed by atoms with Crippen molar-refractivity contribution in [2.75, 3.05) is 13.7 Å². The number of hydrogen-bond donors (Lipinski definition) is 2. The molecule has 0 amide bonds. The number of carbonyl (C=O) groups is 2. The third-order valence-electron chi connectivity index (χ3n) is 2.05. The third kappa shape index (κ3) is 3.28. The van der Waals surface area contributed by atoms with Crippen molar-refractivity contribution in [2.45, 2.75) is 19.4 Å². The van der Waals surface area contributed by atoms with Crippen molar-refractivity contribution in [1.29, 1.82) is 0 Å². The number of nitrogens with one attached hydrogen (secondary N) is 1. The average molecular weight is 241 g/mol. The van der Waals surface area contributed by atoms with Crippen molar-refractivity contribution in [3.05, 3.63) is 17.5 Å². The van der Waals surface area contributed by atoms with Crippen LogP contribution in [-0.4, -0.2) is 41.4 Å². The van der Waals surface area contributed by atoms with Crippen LogP contribution in [0.25, 0.3) is 0 Å². The maximum atomic E-state index is 11.6. The molecule has 0 saturated carbocycles. The number of methoxy groups -OCH3 is 1. The van der Waals surface area contributed by atoms with E-state index in [0.717, 1.165) is 0 Å². The minimum Gasteiger partial charge on any atom is -0.464 e. The van der Waals surface area contributed by atoms with Gasteiger partial charge in [0, 0.05) is 12.6 Å². The van der Waals surface area contributed by atoms with E-state index in [0.29, 0.717) is 0 Å². The second-order valence-corrected chi connectivity index (χ2v) is 4.01. The Bertz CT molecular complexity index is 425. The Morgan fingerprint density at radius 2 is 2.12 bits per heavy atom. The molecule has 1 aromatic heterocycles. The molecule has 0 saturated heterocycles. The lowest BCUT2D eigenvalue weighted by Crippen LogP contribution is -2.36. The van der Waals surface area contributed by atoms with Crippen LogP contribution in [0.1, 0.15) is 34.8 Å². The quantitative estimate of drug-likeness (QED) is 0.723. The van der Waals surface area contributed by atoms with Gasteiger partial charge in [0.05, 0.1) is 7.11 Å². The van der Waals surface area contributed by atoms with Crippen molar-refractivity contribution in [1.82, 2.24) is 10.2 Å². The first-order chi connectivity index (χ1) is 7.89. The number of ether oxygens (including phenoxy) is 2. The summed E-state index contributed by atoms with van der Waals surface area (Å²) in [4.78, 5) is 22.8. The highest BCUT2D eigenvalue weighted by Gasteiger charge is 2.24. The van der Waals surface area contributed by atoms with Crippen LogP contribution >= 0.6 is 0 Å². The standard InChI is InChI=1S/C10H15N3O4/c1-10(2,5-11)17-9(15)7-4-6(12-13-7)8(14)16-3/h4H,5,11H2,1-3H3,(H,12,13). The molecule has 0 bridgehead atoms. The summed E-state index contributed by atoms with van der Waals surface area (Å²) in [5.41, 5.74) is 4.75. The normalized spacial score (nSPS) is 11.1. The summed E-state index contributed by atoms with van der Waals surface area (Å²) in [5, 5.41) is 6.03. The topological polar surface area (TPSA) is 107 Å². The van der Waals surface area contributed by atoms with Crippen LogP contribution in [0.2, 0.25) is 0 Å². The van der Waals surface area contributed by atoms with E-state index in [1.165, 1.54) is 13.2 Å². The third-order valence-corrected chi connectivity index (χ3v) is 2.05. The van der Waals surface area contributed by atoms with E-state index >= 15 is 0 Å². The maximum absolute atomic E-state index is 11.6. The second kappa shape index (κ2) is 4.96. The van der Waals surface area contributed by atoms with Crippen LogP contribution in [0.5, 0.6) is 0 Å². The van der Waals surface area contributed by atoms with E-state index in [4.69, 9.17) is 10.5 Å². The number of aromatic amines is 1. The van der Waals surface area contributed by atoms with E-state index in [2.05, 4.69) is 14.9 Å². The largest absolute Gasteiger partial charge is 0.464 e. The fraction of sp³-hybridized carbons (Fsp3) is 0.500. The summed E-state index contributed by atoms with van der Waals surface area (Å²) < 4.78 is 9.57.